The summed E-state index contributed by atoms with van der Waals surface area (Å²) in [5.41, 5.74) is 5.28. The van der Waals surface area contributed by atoms with Crippen LogP contribution in [0.15, 0.2) is 4.52 Å². The molecule has 0 saturated carbocycles. The minimum absolute atomic E-state index is 0.208. The normalized spacial score (nSPS) is 23.1. The molecule has 0 amide bonds. The van der Waals surface area contributed by atoms with Gasteiger partial charge < -0.3 is 19.7 Å². The highest BCUT2D eigenvalue weighted by molar-refractivity contribution is 5.70. The molecule has 0 bridgehead atoms. The predicted molar refractivity (Wildman–Crippen MR) is 79.0 cm³/mol. The molecule has 1 atom stereocenters. The molecule has 0 spiro atoms. The van der Waals surface area contributed by atoms with Gasteiger partial charge in [0.25, 0.3) is 0 Å². The summed E-state index contributed by atoms with van der Waals surface area (Å²) in [6.45, 7) is 6.81. The molecule has 2 rings (SSSR count). The van der Waals surface area contributed by atoms with Crippen molar-refractivity contribution in [1.29, 1.82) is 0 Å². The fourth-order valence-corrected chi connectivity index (χ4v) is 2.35. The molecule has 1 aromatic rings. The lowest BCUT2D eigenvalue weighted by molar-refractivity contribution is -0.154. The van der Waals surface area contributed by atoms with Gasteiger partial charge in [-0.25, -0.2) is 0 Å². The SMILES string of the molecule is CC(C)(C)OC(=O)CCc1nc(C2(N)CCCOCC2)no1. The van der Waals surface area contributed by atoms with Gasteiger partial charge in [-0.2, -0.15) is 4.98 Å². The van der Waals surface area contributed by atoms with Gasteiger partial charge in [-0.1, -0.05) is 5.16 Å². The average Bonchev–Trinajstić information content (AvgIpc) is 2.78. The Kier molecular flexibility index (Phi) is 5.18. The summed E-state index contributed by atoms with van der Waals surface area (Å²) in [5.74, 6) is 0.630. The maximum Gasteiger partial charge on any atom is 0.306 e. The predicted octanol–water partition coefficient (Wildman–Crippen LogP) is 1.70. The first kappa shape index (κ1) is 16.9. The third-order valence-corrected chi connectivity index (χ3v) is 3.48. The van der Waals surface area contributed by atoms with Crippen molar-refractivity contribution >= 4 is 5.97 Å². The van der Waals surface area contributed by atoms with Gasteiger partial charge in [-0.15, -0.1) is 0 Å². The monoisotopic (exact) mass is 311 g/mol. The van der Waals surface area contributed by atoms with Crippen LogP contribution in [-0.2, 0) is 26.2 Å². The van der Waals surface area contributed by atoms with Gasteiger partial charge in [0.15, 0.2) is 5.82 Å². The quantitative estimate of drug-likeness (QED) is 0.844. The molecule has 7 heteroatoms. The largest absolute Gasteiger partial charge is 0.460 e. The Bertz CT molecular complexity index is 499. The van der Waals surface area contributed by atoms with E-state index in [-0.39, 0.29) is 12.4 Å². The van der Waals surface area contributed by atoms with Gasteiger partial charge in [0.2, 0.25) is 5.89 Å². The van der Waals surface area contributed by atoms with Crippen LogP contribution in [0.4, 0.5) is 0 Å². The van der Waals surface area contributed by atoms with Crippen molar-refractivity contribution in [3.63, 3.8) is 0 Å². The van der Waals surface area contributed by atoms with Gasteiger partial charge in [-0.05, 0) is 40.0 Å². The van der Waals surface area contributed by atoms with Gasteiger partial charge in [0, 0.05) is 19.6 Å². The van der Waals surface area contributed by atoms with Crippen LogP contribution in [0.5, 0.6) is 0 Å². The summed E-state index contributed by atoms with van der Waals surface area (Å²) in [7, 11) is 0. The molecule has 0 aromatic carbocycles. The Morgan fingerprint density at radius 1 is 1.36 bits per heavy atom. The highest BCUT2D eigenvalue weighted by atomic mass is 16.6. The number of rotatable bonds is 4. The number of nitrogens with two attached hydrogens (primary N) is 1. The number of aryl methyl sites for hydroxylation is 1. The summed E-state index contributed by atoms with van der Waals surface area (Å²) in [6, 6.07) is 0. The van der Waals surface area contributed by atoms with Crippen LogP contribution < -0.4 is 5.73 Å². The highest BCUT2D eigenvalue weighted by Crippen LogP contribution is 2.27. The number of carbonyl (C=O) groups is 1. The number of aromatic nitrogens is 2. The fourth-order valence-electron chi connectivity index (χ4n) is 2.35. The Balaban J connectivity index is 1.92. The van der Waals surface area contributed by atoms with Gasteiger partial charge in [0.05, 0.1) is 12.0 Å². The Morgan fingerprint density at radius 3 is 2.86 bits per heavy atom. The molecule has 1 aliphatic rings. The van der Waals surface area contributed by atoms with E-state index in [9.17, 15) is 4.79 Å². The minimum Gasteiger partial charge on any atom is -0.460 e. The molecule has 1 unspecified atom stereocenters. The molecule has 0 aliphatic carbocycles. The van der Waals surface area contributed by atoms with Gasteiger partial charge in [0.1, 0.15) is 5.60 Å². The second-order valence-electron chi connectivity index (χ2n) is 6.72. The summed E-state index contributed by atoms with van der Waals surface area (Å²) in [6.07, 6.45) is 2.86. The number of carbonyl (C=O) groups excluding carboxylic acids is 1. The van der Waals surface area contributed by atoms with E-state index < -0.39 is 11.1 Å². The third-order valence-electron chi connectivity index (χ3n) is 3.48. The maximum absolute atomic E-state index is 11.7. The Hall–Kier alpha value is -1.47. The zero-order valence-corrected chi connectivity index (χ0v) is 13.6. The smallest absolute Gasteiger partial charge is 0.306 e. The molecule has 2 N–H and O–H groups in total. The molecule has 1 saturated heterocycles. The number of hydrogen-bond acceptors (Lipinski definition) is 7. The van der Waals surface area contributed by atoms with E-state index in [1.807, 2.05) is 20.8 Å². The first-order valence-corrected chi connectivity index (χ1v) is 7.70. The molecular formula is C15H25N3O4. The molecule has 22 heavy (non-hydrogen) atoms. The second kappa shape index (κ2) is 6.75. The number of nitrogens with zero attached hydrogens (tertiary/aromatic N) is 2. The lowest BCUT2D eigenvalue weighted by Gasteiger charge is -2.22. The minimum atomic E-state index is -0.607. The highest BCUT2D eigenvalue weighted by Gasteiger charge is 2.33. The van der Waals surface area contributed by atoms with Crippen molar-refractivity contribution in [2.45, 2.75) is 64.0 Å². The van der Waals surface area contributed by atoms with Crippen molar-refractivity contribution in [2.75, 3.05) is 13.2 Å². The van der Waals surface area contributed by atoms with E-state index in [2.05, 4.69) is 10.1 Å². The topological polar surface area (TPSA) is 100 Å². The Morgan fingerprint density at radius 2 is 2.14 bits per heavy atom. The first-order valence-electron chi connectivity index (χ1n) is 7.70. The molecular weight excluding hydrogens is 286 g/mol. The van der Waals surface area contributed by atoms with Crippen LogP contribution in [0.1, 0.15) is 58.2 Å². The molecule has 7 nitrogen and oxygen atoms in total. The van der Waals surface area contributed by atoms with Crippen LogP contribution in [0.2, 0.25) is 0 Å². The van der Waals surface area contributed by atoms with Crippen molar-refractivity contribution in [1.82, 2.24) is 10.1 Å². The van der Waals surface area contributed by atoms with Crippen LogP contribution in [0.25, 0.3) is 0 Å². The fraction of sp³-hybridized carbons (Fsp3) is 0.800. The lowest BCUT2D eigenvalue weighted by Crippen LogP contribution is -2.38. The van der Waals surface area contributed by atoms with Crippen molar-refractivity contribution < 1.29 is 18.8 Å². The van der Waals surface area contributed by atoms with Crippen molar-refractivity contribution in [3.8, 4) is 0 Å². The molecule has 2 heterocycles. The molecule has 1 aromatic heterocycles. The van der Waals surface area contributed by atoms with Crippen LogP contribution in [0, 0.1) is 0 Å². The zero-order valence-electron chi connectivity index (χ0n) is 13.6. The number of ether oxygens (including phenoxy) is 2. The average molecular weight is 311 g/mol. The molecule has 1 fully saturated rings. The second-order valence-corrected chi connectivity index (χ2v) is 6.72. The Labute approximate surface area is 130 Å². The zero-order chi connectivity index (χ0) is 16.2. The summed E-state index contributed by atoms with van der Waals surface area (Å²) in [5, 5.41) is 3.99. The lowest BCUT2D eigenvalue weighted by atomic mass is 9.91. The van der Waals surface area contributed by atoms with Crippen molar-refractivity contribution in [2.24, 2.45) is 5.73 Å². The van der Waals surface area contributed by atoms with Gasteiger partial charge >= 0.3 is 5.97 Å². The van der Waals surface area contributed by atoms with Crippen LogP contribution in [0.3, 0.4) is 0 Å². The van der Waals surface area contributed by atoms with Crippen LogP contribution >= 0.6 is 0 Å². The summed E-state index contributed by atoms with van der Waals surface area (Å²) >= 11 is 0. The van der Waals surface area contributed by atoms with E-state index in [0.717, 1.165) is 12.8 Å². The van der Waals surface area contributed by atoms with Crippen LogP contribution in [-0.4, -0.2) is 34.9 Å². The first-order chi connectivity index (χ1) is 10.3. The summed E-state index contributed by atoms with van der Waals surface area (Å²) < 4.78 is 15.9. The molecule has 124 valence electrons. The van der Waals surface area contributed by atoms with E-state index in [4.69, 9.17) is 19.7 Å². The van der Waals surface area contributed by atoms with Gasteiger partial charge in [-0.3, -0.25) is 4.79 Å². The van der Waals surface area contributed by atoms with E-state index >= 15 is 0 Å². The van der Waals surface area contributed by atoms with E-state index in [1.54, 1.807) is 0 Å². The third kappa shape index (κ3) is 4.78. The van der Waals surface area contributed by atoms with Crippen molar-refractivity contribution in [3.05, 3.63) is 11.7 Å². The van der Waals surface area contributed by atoms with E-state index in [1.165, 1.54) is 0 Å². The summed E-state index contributed by atoms with van der Waals surface area (Å²) in [4.78, 5) is 16.0. The number of hydrogen-bond donors (Lipinski definition) is 1. The standard InChI is InChI=1S/C15H25N3O4/c1-14(2,3)21-12(19)6-5-11-17-13(18-22-11)15(16)7-4-9-20-10-8-15/h4-10,16H2,1-3H3. The van der Waals surface area contributed by atoms with E-state index in [0.29, 0.717) is 37.8 Å². The molecule has 1 aliphatic heterocycles. The molecule has 0 radical (unpaired) electrons. The number of esters is 1. The maximum atomic E-state index is 11.7.